The molecule has 82 heavy (non-hydrogen) atoms. The molecule has 0 fully saturated rings. The molecule has 0 aromatic heterocycles. The summed E-state index contributed by atoms with van der Waals surface area (Å²) in [4.78, 5) is 38.2. The summed E-state index contributed by atoms with van der Waals surface area (Å²) < 4.78 is 16.8. The van der Waals surface area contributed by atoms with E-state index in [4.69, 9.17) is 14.2 Å². The summed E-state index contributed by atoms with van der Waals surface area (Å²) in [5.41, 5.74) is 0. The van der Waals surface area contributed by atoms with Crippen LogP contribution in [0, 0.1) is 0 Å². The van der Waals surface area contributed by atoms with Crippen LogP contribution in [0.4, 0.5) is 0 Å². The van der Waals surface area contributed by atoms with Gasteiger partial charge in [-0.2, -0.15) is 0 Å². The molecule has 0 heterocycles. The Morgan fingerprint density at radius 2 is 0.488 bits per heavy atom. The van der Waals surface area contributed by atoms with Crippen LogP contribution in [0.1, 0.15) is 233 Å². The molecule has 454 valence electrons. The summed E-state index contributed by atoms with van der Waals surface area (Å²) >= 11 is 0. The standard InChI is InChI=1S/C76H114O6/c1-4-7-10-13-16-19-22-24-26-28-30-32-34-36-37-38-39-41-42-44-46-48-50-52-54-57-60-63-66-69-75(78)81-72-73(71-80-74(77)68-65-62-59-56-21-18-15-12-9-6-3)82-76(79)70-67-64-61-58-55-53-51-49-47-45-43-40-35-33-31-29-27-25-23-20-17-14-11-8-5-2/h7-8,10-12,15-17,19-20,24-27,30-33,36-37,39-41,43-44,46-47,49-50,52-53,55,57,60,73H,4-6,9,13-14,18,21-23,28-29,34-35,38,42,45,48,51,54,56,58-59,61-72H2,1-3H3/b10-7-,11-8-,15-12-,19-16-,20-17-,26-24-,27-25-,32-30-,33-31-,37-36-,41-39-,43-40-,46-44-,49-47-,52-50-,55-53-,60-57-. The number of esters is 3. The Balaban J connectivity index is 4.49. The zero-order chi connectivity index (χ0) is 59.2. The van der Waals surface area contributed by atoms with Gasteiger partial charge in [0.1, 0.15) is 13.2 Å². The number of allylic oxidation sites excluding steroid dienone is 34. The molecule has 6 heteroatoms. The first-order valence-electron chi connectivity index (χ1n) is 32.1. The van der Waals surface area contributed by atoms with Crippen LogP contribution in [0.25, 0.3) is 0 Å². The van der Waals surface area contributed by atoms with E-state index in [0.29, 0.717) is 19.3 Å². The van der Waals surface area contributed by atoms with Crippen LogP contribution in [0.2, 0.25) is 0 Å². The number of ether oxygens (including phenoxy) is 3. The predicted molar refractivity (Wildman–Crippen MR) is 357 cm³/mol. The topological polar surface area (TPSA) is 78.9 Å². The molecule has 0 aliphatic rings. The van der Waals surface area contributed by atoms with Crippen molar-refractivity contribution >= 4 is 17.9 Å². The SMILES string of the molecule is CC/C=C\C/C=C\C/C=C\C/C=C\C/C=C\C/C=C\C/C=C\C/C=C\C/C=C\CCCC(=O)OCC(COC(=O)CCCCCCC/C=C\CCC)OC(=O)CCCCC/C=C\C/C=C\C/C=C\C/C=C\C/C=C\C/C=C\C/C=C\CC. The quantitative estimate of drug-likeness (QED) is 0.0261. The maximum absolute atomic E-state index is 12.9. The molecule has 0 amide bonds. The molecule has 0 bridgehead atoms. The van der Waals surface area contributed by atoms with E-state index in [9.17, 15) is 14.4 Å². The van der Waals surface area contributed by atoms with Crippen molar-refractivity contribution in [3.8, 4) is 0 Å². The third kappa shape index (κ3) is 64.8. The summed E-state index contributed by atoms with van der Waals surface area (Å²) in [6.45, 7) is 6.24. The van der Waals surface area contributed by atoms with Crippen molar-refractivity contribution in [2.24, 2.45) is 0 Å². The van der Waals surface area contributed by atoms with Gasteiger partial charge in [0.15, 0.2) is 6.10 Å². The van der Waals surface area contributed by atoms with Gasteiger partial charge in [0, 0.05) is 19.3 Å². The summed E-state index contributed by atoms with van der Waals surface area (Å²) in [7, 11) is 0. The molecule has 0 aliphatic carbocycles. The van der Waals surface area contributed by atoms with E-state index in [2.05, 4.69) is 227 Å². The highest BCUT2D eigenvalue weighted by Gasteiger charge is 2.19. The second kappa shape index (κ2) is 67.5. The molecule has 1 atom stereocenters. The summed E-state index contributed by atoms with van der Waals surface area (Å²) in [5, 5.41) is 0. The van der Waals surface area contributed by atoms with Crippen LogP contribution >= 0.6 is 0 Å². The van der Waals surface area contributed by atoms with Gasteiger partial charge in [-0.15, -0.1) is 0 Å². The van der Waals surface area contributed by atoms with Crippen molar-refractivity contribution in [2.45, 2.75) is 239 Å². The number of carbonyl (C=O) groups is 3. The van der Waals surface area contributed by atoms with Gasteiger partial charge in [0.25, 0.3) is 0 Å². The second-order valence-corrected chi connectivity index (χ2v) is 20.2. The third-order valence-electron chi connectivity index (χ3n) is 12.5. The highest BCUT2D eigenvalue weighted by Crippen LogP contribution is 2.12. The maximum atomic E-state index is 12.9. The minimum absolute atomic E-state index is 0.126. The van der Waals surface area contributed by atoms with Gasteiger partial charge < -0.3 is 14.2 Å². The first-order chi connectivity index (χ1) is 40.5. The zero-order valence-corrected chi connectivity index (χ0v) is 51.9. The van der Waals surface area contributed by atoms with Crippen LogP contribution in [0.5, 0.6) is 0 Å². The number of hydrogen-bond donors (Lipinski definition) is 0. The van der Waals surface area contributed by atoms with Crippen molar-refractivity contribution in [1.29, 1.82) is 0 Å². The van der Waals surface area contributed by atoms with Gasteiger partial charge in [0.2, 0.25) is 0 Å². The Morgan fingerprint density at radius 3 is 0.817 bits per heavy atom. The number of carbonyl (C=O) groups excluding carboxylic acids is 3. The van der Waals surface area contributed by atoms with Gasteiger partial charge in [-0.25, -0.2) is 0 Å². The molecule has 0 aromatic carbocycles. The molecule has 0 aliphatic heterocycles. The van der Waals surface area contributed by atoms with Crippen molar-refractivity contribution in [3.05, 3.63) is 207 Å². The number of unbranched alkanes of at least 4 members (excludes halogenated alkanes) is 10. The van der Waals surface area contributed by atoms with Gasteiger partial charge in [0.05, 0.1) is 0 Å². The highest BCUT2D eigenvalue weighted by atomic mass is 16.6. The van der Waals surface area contributed by atoms with Gasteiger partial charge in [-0.05, 0) is 161 Å². The van der Waals surface area contributed by atoms with Crippen LogP contribution in [0.15, 0.2) is 207 Å². The lowest BCUT2D eigenvalue weighted by atomic mass is 10.1. The highest BCUT2D eigenvalue weighted by molar-refractivity contribution is 5.71. The first-order valence-corrected chi connectivity index (χ1v) is 32.1. The van der Waals surface area contributed by atoms with Crippen molar-refractivity contribution in [3.63, 3.8) is 0 Å². The molecule has 0 saturated heterocycles. The smallest absolute Gasteiger partial charge is 0.306 e. The third-order valence-corrected chi connectivity index (χ3v) is 12.5. The predicted octanol–water partition coefficient (Wildman–Crippen LogP) is 22.4. The molecular formula is C76H114O6. The van der Waals surface area contributed by atoms with Crippen molar-refractivity contribution < 1.29 is 28.6 Å². The Labute approximate surface area is 502 Å². The molecule has 6 nitrogen and oxygen atoms in total. The minimum Gasteiger partial charge on any atom is -0.462 e. The molecule has 0 radical (unpaired) electrons. The lowest BCUT2D eigenvalue weighted by Crippen LogP contribution is -2.30. The van der Waals surface area contributed by atoms with E-state index in [1.54, 1.807) is 0 Å². The molecule has 1 unspecified atom stereocenters. The summed E-state index contributed by atoms with van der Waals surface area (Å²) in [5.74, 6) is -1.05. The fraction of sp³-hybridized carbons (Fsp3) is 0.513. The van der Waals surface area contributed by atoms with Crippen molar-refractivity contribution in [1.82, 2.24) is 0 Å². The lowest BCUT2D eigenvalue weighted by Gasteiger charge is -2.18. The first kappa shape index (κ1) is 76.0. The monoisotopic (exact) mass is 1120 g/mol. The second-order valence-electron chi connectivity index (χ2n) is 20.2. The number of hydrogen-bond acceptors (Lipinski definition) is 6. The Hall–Kier alpha value is -6.01. The summed E-state index contributed by atoms with van der Waals surface area (Å²) in [6.07, 6.45) is 104. The molecule has 0 N–H and O–H groups in total. The normalized spacial score (nSPS) is 13.5. The van der Waals surface area contributed by atoms with E-state index in [0.717, 1.165) is 167 Å². The van der Waals surface area contributed by atoms with Gasteiger partial charge in [-0.3, -0.25) is 14.4 Å². The van der Waals surface area contributed by atoms with Gasteiger partial charge in [-0.1, -0.05) is 259 Å². The van der Waals surface area contributed by atoms with E-state index >= 15 is 0 Å². The van der Waals surface area contributed by atoms with Crippen LogP contribution in [-0.2, 0) is 28.6 Å². The summed E-state index contributed by atoms with van der Waals surface area (Å²) in [6, 6.07) is 0. The van der Waals surface area contributed by atoms with Gasteiger partial charge >= 0.3 is 17.9 Å². The Bertz CT molecular complexity index is 2020. The fourth-order valence-corrected chi connectivity index (χ4v) is 7.78. The largest absolute Gasteiger partial charge is 0.462 e. The number of rotatable bonds is 55. The van der Waals surface area contributed by atoms with Crippen LogP contribution in [0.3, 0.4) is 0 Å². The Morgan fingerprint density at radius 1 is 0.256 bits per heavy atom. The molecule has 0 aromatic rings. The van der Waals surface area contributed by atoms with Crippen LogP contribution in [-0.4, -0.2) is 37.2 Å². The lowest BCUT2D eigenvalue weighted by molar-refractivity contribution is -0.167. The fourth-order valence-electron chi connectivity index (χ4n) is 7.78. The molecule has 0 spiro atoms. The van der Waals surface area contributed by atoms with Crippen LogP contribution < -0.4 is 0 Å². The van der Waals surface area contributed by atoms with E-state index in [-0.39, 0.29) is 44.0 Å². The average Bonchev–Trinajstić information content (AvgIpc) is 3.48. The molecular weight excluding hydrogens is 1010 g/mol. The van der Waals surface area contributed by atoms with Crippen molar-refractivity contribution in [2.75, 3.05) is 13.2 Å². The molecule has 0 rings (SSSR count). The van der Waals surface area contributed by atoms with E-state index in [1.807, 2.05) is 0 Å². The zero-order valence-electron chi connectivity index (χ0n) is 51.9. The van der Waals surface area contributed by atoms with E-state index < -0.39 is 6.10 Å². The Kier molecular flexibility index (Phi) is 62.5. The van der Waals surface area contributed by atoms with E-state index in [1.165, 1.54) is 12.8 Å². The minimum atomic E-state index is -0.837. The maximum Gasteiger partial charge on any atom is 0.306 e. The molecule has 0 saturated carbocycles. The average molecular weight is 1120 g/mol.